The zero-order chi connectivity index (χ0) is 16.6. The van der Waals surface area contributed by atoms with Crippen molar-refractivity contribution in [3.63, 3.8) is 0 Å². The Morgan fingerprint density at radius 1 is 1.39 bits per heavy atom. The fraction of sp³-hybridized carbons (Fsp3) is 0.733. The van der Waals surface area contributed by atoms with Crippen molar-refractivity contribution >= 4 is 17.7 Å². The number of alkyl halides is 3. The molecule has 3 rings (SSSR count). The second-order valence-corrected chi connectivity index (χ2v) is 7.35. The van der Waals surface area contributed by atoms with E-state index in [1.54, 1.807) is 11.8 Å². The van der Waals surface area contributed by atoms with E-state index in [-0.39, 0.29) is 11.6 Å². The van der Waals surface area contributed by atoms with Gasteiger partial charge in [0.15, 0.2) is 5.69 Å². The predicted octanol–water partition coefficient (Wildman–Crippen LogP) is 3.42. The van der Waals surface area contributed by atoms with E-state index in [0.717, 1.165) is 31.4 Å². The quantitative estimate of drug-likeness (QED) is 0.823. The van der Waals surface area contributed by atoms with E-state index in [1.165, 1.54) is 10.9 Å². The van der Waals surface area contributed by atoms with Crippen molar-refractivity contribution in [2.24, 2.45) is 0 Å². The Balaban J connectivity index is 1.91. The third-order valence-electron chi connectivity index (χ3n) is 4.58. The average Bonchev–Trinajstić information content (AvgIpc) is 2.98. The van der Waals surface area contributed by atoms with Gasteiger partial charge in [-0.05, 0) is 19.8 Å². The van der Waals surface area contributed by atoms with Gasteiger partial charge in [0.25, 0.3) is 5.91 Å². The molecule has 2 heterocycles. The molecule has 1 aliphatic carbocycles. The standard InChI is InChI=1S/C15H20F3N3OS/c1-2-20-9-10(13(19-20)15(16,17)18)14(22)21-7-8-23-12-6-4-3-5-11(12)21/h9,11-12H,2-8H2,1H3/t11-,12+/m1/s1. The summed E-state index contributed by atoms with van der Waals surface area (Å²) in [5.41, 5.74) is -1.37. The first-order valence-electron chi connectivity index (χ1n) is 7.99. The van der Waals surface area contributed by atoms with Crippen LogP contribution in [-0.4, -0.2) is 44.2 Å². The fourth-order valence-corrected chi connectivity index (χ4v) is 4.90. The van der Waals surface area contributed by atoms with E-state index in [9.17, 15) is 18.0 Å². The van der Waals surface area contributed by atoms with Crippen molar-refractivity contribution in [3.05, 3.63) is 17.5 Å². The van der Waals surface area contributed by atoms with Crippen LogP contribution in [0.15, 0.2) is 6.20 Å². The lowest BCUT2D eigenvalue weighted by Crippen LogP contribution is -2.51. The Hall–Kier alpha value is -1.18. The highest BCUT2D eigenvalue weighted by Gasteiger charge is 2.43. The maximum absolute atomic E-state index is 13.2. The molecule has 0 unspecified atom stereocenters. The molecule has 2 atom stereocenters. The molecule has 2 aliphatic rings. The van der Waals surface area contributed by atoms with Crippen LogP contribution in [0.3, 0.4) is 0 Å². The van der Waals surface area contributed by atoms with E-state index >= 15 is 0 Å². The van der Waals surface area contributed by atoms with Crippen LogP contribution in [0.2, 0.25) is 0 Å². The number of aromatic nitrogens is 2. The third kappa shape index (κ3) is 3.22. The second-order valence-electron chi connectivity index (χ2n) is 6.00. The minimum Gasteiger partial charge on any atom is -0.334 e. The Morgan fingerprint density at radius 2 is 2.13 bits per heavy atom. The van der Waals surface area contributed by atoms with Gasteiger partial charge in [0, 0.05) is 36.3 Å². The van der Waals surface area contributed by atoms with Gasteiger partial charge in [0.05, 0.1) is 5.56 Å². The number of fused-ring (bicyclic) bond motifs is 1. The molecule has 1 saturated heterocycles. The Kier molecular flexibility index (Phi) is 4.62. The van der Waals surface area contributed by atoms with E-state index in [4.69, 9.17) is 0 Å². The highest BCUT2D eigenvalue weighted by atomic mass is 32.2. The normalized spacial score (nSPS) is 25.3. The van der Waals surface area contributed by atoms with Gasteiger partial charge < -0.3 is 4.90 Å². The minimum atomic E-state index is -4.61. The van der Waals surface area contributed by atoms with Gasteiger partial charge in [0.1, 0.15) is 0 Å². The molecule has 0 aromatic carbocycles. The van der Waals surface area contributed by atoms with Gasteiger partial charge in [-0.3, -0.25) is 9.48 Å². The summed E-state index contributed by atoms with van der Waals surface area (Å²) in [5.74, 6) is 0.269. The Morgan fingerprint density at radius 3 is 2.83 bits per heavy atom. The molecule has 0 spiro atoms. The highest BCUT2D eigenvalue weighted by molar-refractivity contribution is 8.00. The van der Waals surface area contributed by atoms with Gasteiger partial charge in [0.2, 0.25) is 0 Å². The molecule has 23 heavy (non-hydrogen) atoms. The highest BCUT2D eigenvalue weighted by Crippen LogP contribution is 2.37. The first-order chi connectivity index (χ1) is 10.9. The van der Waals surface area contributed by atoms with Crippen LogP contribution in [0.1, 0.15) is 48.7 Å². The number of amides is 1. The summed E-state index contributed by atoms with van der Waals surface area (Å²) in [6.07, 6.45) is 0.725. The molecule has 4 nitrogen and oxygen atoms in total. The summed E-state index contributed by atoms with van der Waals surface area (Å²) in [5, 5.41) is 3.92. The van der Waals surface area contributed by atoms with Crippen molar-refractivity contribution in [1.29, 1.82) is 0 Å². The second kappa shape index (κ2) is 6.37. The van der Waals surface area contributed by atoms with Crippen molar-refractivity contribution in [3.8, 4) is 0 Å². The van der Waals surface area contributed by atoms with Gasteiger partial charge >= 0.3 is 6.18 Å². The fourth-order valence-electron chi connectivity index (χ4n) is 3.45. The van der Waals surface area contributed by atoms with Crippen LogP contribution >= 0.6 is 11.8 Å². The number of carbonyl (C=O) groups excluding carboxylic acids is 1. The molecule has 1 saturated carbocycles. The van der Waals surface area contributed by atoms with Gasteiger partial charge in [-0.1, -0.05) is 12.8 Å². The maximum Gasteiger partial charge on any atom is 0.435 e. The topological polar surface area (TPSA) is 38.1 Å². The van der Waals surface area contributed by atoms with Crippen molar-refractivity contribution in [2.75, 3.05) is 12.3 Å². The summed E-state index contributed by atoms with van der Waals surface area (Å²) >= 11 is 1.85. The SMILES string of the molecule is CCn1cc(C(=O)N2CCS[C@H]3CCCC[C@H]32)c(C(F)(F)F)n1. The number of carbonyl (C=O) groups is 1. The first kappa shape index (κ1) is 16.7. The molecule has 2 fully saturated rings. The van der Waals surface area contributed by atoms with Gasteiger partial charge in [-0.25, -0.2) is 0 Å². The van der Waals surface area contributed by atoms with Crippen molar-refractivity contribution < 1.29 is 18.0 Å². The monoisotopic (exact) mass is 347 g/mol. The zero-order valence-electron chi connectivity index (χ0n) is 13.0. The van der Waals surface area contributed by atoms with Crippen molar-refractivity contribution in [1.82, 2.24) is 14.7 Å². The number of hydrogen-bond donors (Lipinski definition) is 0. The van der Waals surface area contributed by atoms with Crippen molar-refractivity contribution in [2.45, 2.75) is 56.6 Å². The largest absolute Gasteiger partial charge is 0.435 e. The molecule has 128 valence electrons. The number of aryl methyl sites for hydroxylation is 1. The van der Waals surface area contributed by atoms with Gasteiger partial charge in [-0.2, -0.15) is 30.0 Å². The van der Waals surface area contributed by atoms with Crippen LogP contribution < -0.4 is 0 Å². The molecule has 1 amide bonds. The number of hydrogen-bond acceptors (Lipinski definition) is 3. The van der Waals surface area contributed by atoms with Crippen LogP contribution in [0.25, 0.3) is 0 Å². The molecule has 1 aliphatic heterocycles. The summed E-state index contributed by atoms with van der Waals surface area (Å²) in [4.78, 5) is 14.5. The summed E-state index contributed by atoms with van der Waals surface area (Å²) in [6.45, 7) is 2.52. The minimum absolute atomic E-state index is 0.0565. The molecule has 8 heteroatoms. The molecular weight excluding hydrogens is 327 g/mol. The molecule has 0 radical (unpaired) electrons. The van der Waals surface area contributed by atoms with Crippen LogP contribution in [-0.2, 0) is 12.7 Å². The lowest BCUT2D eigenvalue weighted by Gasteiger charge is -2.43. The number of rotatable bonds is 2. The van der Waals surface area contributed by atoms with Crippen LogP contribution in [0, 0.1) is 0 Å². The number of nitrogens with zero attached hydrogens (tertiary/aromatic N) is 3. The van der Waals surface area contributed by atoms with Gasteiger partial charge in [-0.15, -0.1) is 0 Å². The Labute approximate surface area is 137 Å². The average molecular weight is 347 g/mol. The smallest absolute Gasteiger partial charge is 0.334 e. The molecule has 0 bridgehead atoms. The number of thioether (sulfide) groups is 1. The summed E-state index contributed by atoms with van der Waals surface area (Å²) in [7, 11) is 0. The zero-order valence-corrected chi connectivity index (χ0v) is 13.8. The molecule has 0 N–H and O–H groups in total. The third-order valence-corrected chi connectivity index (χ3v) is 5.97. The molecular formula is C15H20F3N3OS. The maximum atomic E-state index is 13.2. The Bertz CT molecular complexity index is 585. The van der Waals surface area contributed by atoms with Crippen LogP contribution in [0.5, 0.6) is 0 Å². The van der Waals surface area contributed by atoms with Crippen LogP contribution in [0.4, 0.5) is 13.2 Å². The predicted molar refractivity (Wildman–Crippen MR) is 82.4 cm³/mol. The number of halogens is 3. The lowest BCUT2D eigenvalue weighted by atomic mass is 9.92. The molecule has 1 aromatic rings. The summed E-state index contributed by atoms with van der Waals surface area (Å²) in [6, 6.07) is 0.0565. The van der Waals surface area contributed by atoms with E-state index < -0.39 is 17.8 Å². The summed E-state index contributed by atoms with van der Waals surface area (Å²) < 4.78 is 40.8. The van der Waals surface area contributed by atoms with E-state index in [2.05, 4.69) is 5.10 Å². The van der Waals surface area contributed by atoms with E-state index in [0.29, 0.717) is 18.3 Å². The first-order valence-corrected chi connectivity index (χ1v) is 9.04. The lowest BCUT2D eigenvalue weighted by molar-refractivity contribution is -0.141. The van der Waals surface area contributed by atoms with E-state index in [1.807, 2.05) is 11.8 Å². The molecule has 1 aromatic heterocycles.